The van der Waals surface area contributed by atoms with Gasteiger partial charge in [-0.15, -0.1) is 0 Å². The maximum atomic E-state index is 12.2. The lowest BCUT2D eigenvalue weighted by atomic mass is 10.0. The van der Waals surface area contributed by atoms with Gasteiger partial charge in [0.25, 0.3) is 5.91 Å². The highest BCUT2D eigenvalue weighted by Crippen LogP contribution is 2.40. The van der Waals surface area contributed by atoms with Gasteiger partial charge in [0.1, 0.15) is 0 Å². The molecule has 1 aliphatic carbocycles. The molecule has 4 rings (SSSR count). The van der Waals surface area contributed by atoms with E-state index in [0.29, 0.717) is 17.4 Å². The average Bonchev–Trinajstić information content (AvgIpc) is 3.46. The molecule has 0 saturated heterocycles. The number of nitrogens with one attached hydrogen (secondary N) is 1. The van der Waals surface area contributed by atoms with Crippen LogP contribution in [0.3, 0.4) is 0 Å². The van der Waals surface area contributed by atoms with E-state index in [-0.39, 0.29) is 25.3 Å². The van der Waals surface area contributed by atoms with Crippen LogP contribution in [0.1, 0.15) is 30.0 Å². The summed E-state index contributed by atoms with van der Waals surface area (Å²) in [6.45, 7) is -0.106. The van der Waals surface area contributed by atoms with E-state index >= 15 is 0 Å². The fourth-order valence-electron chi connectivity index (χ4n) is 3.14. The number of ether oxygens (including phenoxy) is 3. The summed E-state index contributed by atoms with van der Waals surface area (Å²) < 4.78 is 15.6. The molecule has 1 amide bonds. The fourth-order valence-corrected chi connectivity index (χ4v) is 3.14. The maximum Gasteiger partial charge on any atom is 0.331 e. The molecule has 28 heavy (non-hydrogen) atoms. The number of hydrogen-bond acceptors (Lipinski definition) is 5. The van der Waals surface area contributed by atoms with E-state index < -0.39 is 5.97 Å². The molecule has 2 aliphatic rings. The average molecular weight is 379 g/mol. The predicted molar refractivity (Wildman–Crippen MR) is 103 cm³/mol. The van der Waals surface area contributed by atoms with Gasteiger partial charge in [0.15, 0.2) is 18.1 Å². The van der Waals surface area contributed by atoms with Crippen LogP contribution in [0.15, 0.2) is 54.6 Å². The number of hydrogen-bond donors (Lipinski definition) is 1. The molecule has 0 radical (unpaired) electrons. The van der Waals surface area contributed by atoms with Crippen molar-refractivity contribution in [1.29, 1.82) is 0 Å². The van der Waals surface area contributed by atoms with Crippen molar-refractivity contribution >= 4 is 18.0 Å². The van der Waals surface area contributed by atoms with Gasteiger partial charge in [-0.3, -0.25) is 4.79 Å². The lowest BCUT2D eigenvalue weighted by Gasteiger charge is -2.18. The van der Waals surface area contributed by atoms with Crippen LogP contribution in [-0.4, -0.2) is 25.3 Å². The summed E-state index contributed by atoms with van der Waals surface area (Å²) in [5, 5.41) is 2.98. The summed E-state index contributed by atoms with van der Waals surface area (Å²) in [4.78, 5) is 24.1. The largest absolute Gasteiger partial charge is 0.454 e. The number of carbonyl (C=O) groups is 2. The highest BCUT2D eigenvalue weighted by Gasteiger charge is 2.33. The Kier molecular flexibility index (Phi) is 5.28. The highest BCUT2D eigenvalue weighted by atomic mass is 16.7. The SMILES string of the molecule is O=C(COC(=O)/C=C/c1ccc2c(c1)OCO2)NC(c1ccccc1)C1CC1. The zero-order valence-electron chi connectivity index (χ0n) is 15.3. The molecule has 1 unspecified atom stereocenters. The third kappa shape index (κ3) is 4.52. The Morgan fingerprint density at radius 3 is 2.68 bits per heavy atom. The van der Waals surface area contributed by atoms with Crippen LogP contribution < -0.4 is 14.8 Å². The third-order valence-corrected chi connectivity index (χ3v) is 4.72. The monoisotopic (exact) mass is 379 g/mol. The first-order chi connectivity index (χ1) is 13.7. The molecule has 1 fully saturated rings. The summed E-state index contributed by atoms with van der Waals surface area (Å²) in [7, 11) is 0. The van der Waals surface area contributed by atoms with Gasteiger partial charge >= 0.3 is 5.97 Å². The van der Waals surface area contributed by atoms with Crippen molar-refractivity contribution in [3.8, 4) is 11.5 Å². The van der Waals surface area contributed by atoms with Crippen molar-refractivity contribution in [2.75, 3.05) is 13.4 Å². The van der Waals surface area contributed by atoms with Crippen LogP contribution in [0.4, 0.5) is 0 Å². The molecule has 0 aromatic heterocycles. The van der Waals surface area contributed by atoms with Gasteiger partial charge in [-0.2, -0.15) is 0 Å². The highest BCUT2D eigenvalue weighted by molar-refractivity contribution is 5.89. The molecular weight excluding hydrogens is 358 g/mol. The second-order valence-corrected chi connectivity index (χ2v) is 6.85. The Labute approximate surface area is 163 Å². The summed E-state index contributed by atoms with van der Waals surface area (Å²) >= 11 is 0. The molecule has 0 bridgehead atoms. The molecule has 2 aromatic carbocycles. The zero-order chi connectivity index (χ0) is 19.3. The molecule has 6 nitrogen and oxygen atoms in total. The number of esters is 1. The molecule has 0 spiro atoms. The van der Waals surface area contributed by atoms with Crippen LogP contribution in [0.2, 0.25) is 0 Å². The topological polar surface area (TPSA) is 73.9 Å². The van der Waals surface area contributed by atoms with Crippen LogP contribution >= 0.6 is 0 Å². The van der Waals surface area contributed by atoms with E-state index in [1.807, 2.05) is 36.4 Å². The number of rotatable bonds is 7. The van der Waals surface area contributed by atoms with Crippen molar-refractivity contribution < 1.29 is 23.8 Å². The number of benzene rings is 2. The molecule has 2 aromatic rings. The minimum absolute atomic E-state index is 0.0309. The van der Waals surface area contributed by atoms with Gasteiger partial charge in [0.2, 0.25) is 6.79 Å². The Balaban J connectivity index is 1.27. The molecule has 1 heterocycles. The molecular formula is C22H21NO5. The minimum atomic E-state index is -0.574. The number of fused-ring (bicyclic) bond motifs is 1. The standard InChI is InChI=1S/C22H21NO5/c24-20(23-22(17-8-9-17)16-4-2-1-3-5-16)13-26-21(25)11-7-15-6-10-18-19(12-15)28-14-27-18/h1-7,10-12,17,22H,8-9,13-14H2,(H,23,24)/b11-7+. The van der Waals surface area contributed by atoms with Gasteiger partial charge < -0.3 is 19.5 Å². The van der Waals surface area contributed by atoms with Gasteiger partial charge in [-0.05, 0) is 48.1 Å². The van der Waals surface area contributed by atoms with E-state index in [2.05, 4.69) is 5.32 Å². The van der Waals surface area contributed by atoms with Gasteiger partial charge in [0, 0.05) is 6.08 Å². The van der Waals surface area contributed by atoms with Crippen molar-refractivity contribution in [1.82, 2.24) is 5.32 Å². The molecule has 6 heteroatoms. The van der Waals surface area contributed by atoms with E-state index in [0.717, 1.165) is 24.0 Å². The molecule has 1 saturated carbocycles. The van der Waals surface area contributed by atoms with E-state index in [1.54, 1.807) is 18.2 Å². The van der Waals surface area contributed by atoms with Crippen molar-refractivity contribution in [3.63, 3.8) is 0 Å². The van der Waals surface area contributed by atoms with E-state index in [1.165, 1.54) is 6.08 Å². The first-order valence-electron chi connectivity index (χ1n) is 9.28. The summed E-state index contributed by atoms with van der Waals surface area (Å²) in [5.74, 6) is 0.899. The molecule has 1 atom stereocenters. The van der Waals surface area contributed by atoms with Gasteiger partial charge in [0.05, 0.1) is 6.04 Å². The fraction of sp³-hybridized carbons (Fsp3) is 0.273. The zero-order valence-corrected chi connectivity index (χ0v) is 15.3. The second-order valence-electron chi connectivity index (χ2n) is 6.85. The van der Waals surface area contributed by atoms with Crippen molar-refractivity contribution in [2.45, 2.75) is 18.9 Å². The maximum absolute atomic E-state index is 12.2. The summed E-state index contributed by atoms with van der Waals surface area (Å²) in [6.07, 6.45) is 5.09. The third-order valence-electron chi connectivity index (χ3n) is 4.72. The van der Waals surface area contributed by atoms with E-state index in [4.69, 9.17) is 14.2 Å². The number of amides is 1. The predicted octanol–water partition coefficient (Wildman–Crippen LogP) is 3.24. The van der Waals surface area contributed by atoms with Crippen LogP contribution in [0.25, 0.3) is 6.08 Å². The van der Waals surface area contributed by atoms with E-state index in [9.17, 15) is 9.59 Å². The Morgan fingerprint density at radius 1 is 1.11 bits per heavy atom. The second kappa shape index (κ2) is 8.17. The lowest BCUT2D eigenvalue weighted by molar-refractivity contribution is -0.144. The van der Waals surface area contributed by atoms with Crippen molar-refractivity contribution in [3.05, 3.63) is 65.7 Å². The Bertz CT molecular complexity index is 889. The smallest absolute Gasteiger partial charge is 0.331 e. The van der Waals surface area contributed by atoms with Crippen LogP contribution in [-0.2, 0) is 14.3 Å². The quantitative estimate of drug-likeness (QED) is 0.591. The normalized spacial score (nSPS) is 16.0. The van der Waals surface area contributed by atoms with Gasteiger partial charge in [-0.1, -0.05) is 36.4 Å². The van der Waals surface area contributed by atoms with Crippen LogP contribution in [0, 0.1) is 5.92 Å². The lowest BCUT2D eigenvalue weighted by Crippen LogP contribution is -2.33. The van der Waals surface area contributed by atoms with Crippen LogP contribution in [0.5, 0.6) is 11.5 Å². The molecule has 1 aliphatic heterocycles. The summed E-state index contributed by atoms with van der Waals surface area (Å²) in [5.41, 5.74) is 1.86. The molecule has 144 valence electrons. The molecule has 1 N–H and O–H groups in total. The first kappa shape index (κ1) is 18.1. The minimum Gasteiger partial charge on any atom is -0.454 e. The van der Waals surface area contributed by atoms with Crippen molar-refractivity contribution in [2.24, 2.45) is 5.92 Å². The first-order valence-corrected chi connectivity index (χ1v) is 9.28. The Morgan fingerprint density at radius 2 is 1.89 bits per heavy atom. The summed E-state index contributed by atoms with van der Waals surface area (Å²) in [6, 6.07) is 15.2. The van der Waals surface area contributed by atoms with Gasteiger partial charge in [-0.25, -0.2) is 4.79 Å². The Hall–Kier alpha value is -3.28. The number of carbonyl (C=O) groups excluding carboxylic acids is 2.